The number of anilines is 1. The first kappa shape index (κ1) is 23.5. The molecule has 1 saturated carbocycles. The molecule has 0 bridgehead atoms. The van der Waals surface area contributed by atoms with Crippen LogP contribution in [0.4, 0.5) is 5.69 Å². The normalized spacial score (nSPS) is 20.8. The molecule has 36 heavy (non-hydrogen) atoms. The number of carbonyl (C=O) groups is 2. The third-order valence-corrected chi connectivity index (χ3v) is 7.05. The van der Waals surface area contributed by atoms with Crippen LogP contribution < -0.4 is 25.3 Å². The number of H-pyrrole nitrogens is 1. The van der Waals surface area contributed by atoms with Crippen molar-refractivity contribution in [2.45, 2.75) is 12.8 Å². The summed E-state index contributed by atoms with van der Waals surface area (Å²) in [7, 11) is 4.62. The summed E-state index contributed by atoms with van der Waals surface area (Å²) in [6.45, 7) is 1.02. The SMILES string of the molecule is COc1cc(/C=C/C(=O)N2CCC3(C(=O)Nc4ccc5oc(=O)[nH]c5c4)CC3C2)cc(OC)c1OC. The Labute approximate surface area is 206 Å². The van der Waals surface area contributed by atoms with Crippen LogP contribution in [0.25, 0.3) is 17.2 Å². The van der Waals surface area contributed by atoms with E-state index in [2.05, 4.69) is 10.3 Å². The number of benzene rings is 2. The van der Waals surface area contributed by atoms with Gasteiger partial charge < -0.3 is 28.8 Å². The molecule has 1 aromatic heterocycles. The lowest BCUT2D eigenvalue weighted by Crippen LogP contribution is -2.42. The van der Waals surface area contributed by atoms with Gasteiger partial charge in [-0.25, -0.2) is 4.79 Å². The van der Waals surface area contributed by atoms with E-state index in [1.807, 2.05) is 0 Å². The van der Waals surface area contributed by atoms with E-state index in [9.17, 15) is 14.4 Å². The van der Waals surface area contributed by atoms with E-state index in [0.29, 0.717) is 53.5 Å². The second kappa shape index (κ2) is 9.10. The van der Waals surface area contributed by atoms with Crippen molar-refractivity contribution in [2.75, 3.05) is 39.7 Å². The summed E-state index contributed by atoms with van der Waals surface area (Å²) in [4.78, 5) is 41.7. The van der Waals surface area contributed by atoms with Gasteiger partial charge in [0.25, 0.3) is 0 Å². The fourth-order valence-electron chi connectivity index (χ4n) is 4.97. The minimum absolute atomic E-state index is 0.0576. The van der Waals surface area contributed by atoms with Crippen LogP contribution in [0.2, 0.25) is 0 Å². The Morgan fingerprint density at radius 3 is 2.56 bits per heavy atom. The molecule has 2 atom stereocenters. The average molecular weight is 494 g/mol. The first-order valence-corrected chi connectivity index (χ1v) is 11.6. The molecule has 2 N–H and O–H groups in total. The zero-order valence-electron chi connectivity index (χ0n) is 20.3. The fraction of sp³-hybridized carbons (Fsp3) is 0.346. The monoisotopic (exact) mass is 493 g/mol. The van der Waals surface area contributed by atoms with Crippen LogP contribution in [0.5, 0.6) is 17.2 Å². The molecule has 2 heterocycles. The highest BCUT2D eigenvalue weighted by molar-refractivity contribution is 5.99. The Hall–Kier alpha value is -4.21. The van der Waals surface area contributed by atoms with Gasteiger partial charge in [-0.15, -0.1) is 0 Å². The lowest BCUT2D eigenvalue weighted by atomic mass is 9.93. The molecule has 0 radical (unpaired) electrons. The Kier molecular flexibility index (Phi) is 5.95. The number of methoxy groups -OCH3 is 3. The maximum Gasteiger partial charge on any atom is 0.417 e. The summed E-state index contributed by atoms with van der Waals surface area (Å²) in [5.41, 5.74) is 1.84. The second-order valence-corrected chi connectivity index (χ2v) is 9.06. The van der Waals surface area contributed by atoms with Crippen molar-refractivity contribution in [3.05, 3.63) is 52.5 Å². The van der Waals surface area contributed by atoms with E-state index >= 15 is 0 Å². The Morgan fingerprint density at radius 2 is 1.89 bits per heavy atom. The van der Waals surface area contributed by atoms with E-state index < -0.39 is 11.2 Å². The number of likely N-dealkylation sites (tertiary alicyclic amines) is 1. The molecule has 10 nitrogen and oxygen atoms in total. The number of piperidine rings is 1. The van der Waals surface area contributed by atoms with Gasteiger partial charge in [0.15, 0.2) is 17.1 Å². The molecule has 2 fully saturated rings. The van der Waals surface area contributed by atoms with Crippen LogP contribution >= 0.6 is 0 Å². The number of hydrogen-bond donors (Lipinski definition) is 2. The molecule has 0 spiro atoms. The molecule has 2 aliphatic rings. The number of aromatic nitrogens is 1. The molecular weight excluding hydrogens is 466 g/mol. The third-order valence-electron chi connectivity index (χ3n) is 7.05. The van der Waals surface area contributed by atoms with Gasteiger partial charge in [0.05, 0.1) is 32.3 Å². The molecule has 1 saturated heterocycles. The number of ether oxygens (including phenoxy) is 3. The molecule has 2 aromatic carbocycles. The van der Waals surface area contributed by atoms with Crippen molar-refractivity contribution in [3.63, 3.8) is 0 Å². The number of fused-ring (bicyclic) bond motifs is 2. The summed E-state index contributed by atoms with van der Waals surface area (Å²) in [5.74, 6) is 0.911. The van der Waals surface area contributed by atoms with Gasteiger partial charge in [-0.2, -0.15) is 0 Å². The number of oxazole rings is 1. The molecule has 1 aliphatic heterocycles. The van der Waals surface area contributed by atoms with E-state index in [4.69, 9.17) is 18.6 Å². The van der Waals surface area contributed by atoms with Gasteiger partial charge in [0.1, 0.15) is 0 Å². The highest BCUT2D eigenvalue weighted by Crippen LogP contribution is 2.58. The van der Waals surface area contributed by atoms with Crippen molar-refractivity contribution in [3.8, 4) is 17.2 Å². The molecule has 2 amide bonds. The maximum absolute atomic E-state index is 13.1. The zero-order valence-corrected chi connectivity index (χ0v) is 20.3. The molecule has 188 valence electrons. The predicted molar refractivity (Wildman–Crippen MR) is 132 cm³/mol. The summed E-state index contributed by atoms with van der Waals surface area (Å²) < 4.78 is 21.1. The number of hydrogen-bond acceptors (Lipinski definition) is 7. The van der Waals surface area contributed by atoms with Gasteiger partial charge >= 0.3 is 5.76 Å². The second-order valence-electron chi connectivity index (χ2n) is 9.06. The van der Waals surface area contributed by atoms with Crippen LogP contribution in [0.1, 0.15) is 18.4 Å². The largest absolute Gasteiger partial charge is 0.493 e. The number of nitrogens with zero attached hydrogens (tertiary/aromatic N) is 1. The smallest absolute Gasteiger partial charge is 0.417 e. The standard InChI is InChI=1S/C26H27N3O7/c1-33-20-10-15(11-21(34-2)23(20)35-3)4-7-22(30)29-9-8-26(13-16(26)14-29)24(31)27-17-5-6-19-18(12-17)28-25(32)36-19/h4-7,10-12,16H,8-9,13-14H2,1-3H3,(H,27,31)(H,28,32)/b7-4+. The Bertz CT molecular complexity index is 1400. The summed E-state index contributed by atoms with van der Waals surface area (Å²) >= 11 is 0. The number of aromatic amines is 1. The number of nitrogens with one attached hydrogen (secondary N) is 2. The first-order chi connectivity index (χ1) is 17.4. The maximum atomic E-state index is 13.1. The van der Waals surface area contributed by atoms with E-state index in [1.165, 1.54) is 27.4 Å². The van der Waals surface area contributed by atoms with E-state index in [-0.39, 0.29) is 17.7 Å². The molecule has 2 unspecified atom stereocenters. The van der Waals surface area contributed by atoms with Crippen molar-refractivity contribution in [2.24, 2.45) is 11.3 Å². The zero-order chi connectivity index (χ0) is 25.4. The lowest BCUT2D eigenvalue weighted by Gasteiger charge is -2.30. The van der Waals surface area contributed by atoms with Crippen molar-refractivity contribution < 1.29 is 28.2 Å². The first-order valence-electron chi connectivity index (χ1n) is 11.6. The fourth-order valence-corrected chi connectivity index (χ4v) is 4.97. The molecule has 3 aromatic rings. The summed E-state index contributed by atoms with van der Waals surface area (Å²) in [5, 5.41) is 2.96. The minimum atomic E-state index is -0.536. The van der Waals surface area contributed by atoms with Gasteiger partial charge in [-0.05, 0) is 60.7 Å². The quantitative estimate of drug-likeness (QED) is 0.485. The third kappa shape index (κ3) is 4.19. The van der Waals surface area contributed by atoms with E-state index in [0.717, 1.165) is 12.0 Å². The molecule has 5 rings (SSSR count). The lowest BCUT2D eigenvalue weighted by molar-refractivity contribution is -0.130. The highest BCUT2D eigenvalue weighted by Gasteiger charge is 2.62. The average Bonchev–Trinajstić information content (AvgIpc) is 3.52. The van der Waals surface area contributed by atoms with Crippen molar-refractivity contribution in [1.29, 1.82) is 0 Å². The van der Waals surface area contributed by atoms with Gasteiger partial charge in [-0.3, -0.25) is 14.6 Å². The van der Waals surface area contributed by atoms with Gasteiger partial charge in [-0.1, -0.05) is 0 Å². The van der Waals surface area contributed by atoms with Crippen LogP contribution in [0.3, 0.4) is 0 Å². The predicted octanol–water partition coefficient (Wildman–Crippen LogP) is 3.04. The Morgan fingerprint density at radius 1 is 1.14 bits per heavy atom. The topological polar surface area (TPSA) is 123 Å². The van der Waals surface area contributed by atoms with Gasteiger partial charge in [0.2, 0.25) is 17.6 Å². The molecule has 1 aliphatic carbocycles. The van der Waals surface area contributed by atoms with Crippen LogP contribution in [0.15, 0.2) is 45.6 Å². The van der Waals surface area contributed by atoms with Gasteiger partial charge in [0, 0.05) is 24.9 Å². The number of carbonyl (C=O) groups excluding carboxylic acids is 2. The van der Waals surface area contributed by atoms with Crippen molar-refractivity contribution >= 4 is 34.7 Å². The van der Waals surface area contributed by atoms with E-state index in [1.54, 1.807) is 41.3 Å². The molecule has 10 heteroatoms. The number of rotatable bonds is 7. The molecular formula is C26H27N3O7. The van der Waals surface area contributed by atoms with Crippen LogP contribution in [0, 0.1) is 11.3 Å². The van der Waals surface area contributed by atoms with Crippen molar-refractivity contribution in [1.82, 2.24) is 9.88 Å². The summed E-state index contributed by atoms with van der Waals surface area (Å²) in [6.07, 6.45) is 4.57. The Balaban J connectivity index is 1.22. The van der Waals surface area contributed by atoms with Crippen LogP contribution in [-0.2, 0) is 9.59 Å². The number of amides is 2. The highest BCUT2D eigenvalue weighted by atomic mass is 16.5. The minimum Gasteiger partial charge on any atom is -0.493 e. The van der Waals surface area contributed by atoms with Crippen LogP contribution in [-0.4, -0.2) is 56.1 Å². The summed E-state index contributed by atoms with van der Waals surface area (Å²) in [6, 6.07) is 8.57.